The number of carbonyl (C=O) groups is 1. The van der Waals surface area contributed by atoms with Gasteiger partial charge in [-0.25, -0.2) is 9.78 Å². The van der Waals surface area contributed by atoms with Gasteiger partial charge in [0.2, 0.25) is 0 Å². The minimum atomic E-state index is -0.0802. The van der Waals surface area contributed by atoms with E-state index in [2.05, 4.69) is 33.9 Å². The van der Waals surface area contributed by atoms with Crippen LogP contribution in [0.25, 0.3) is 0 Å². The van der Waals surface area contributed by atoms with Crippen LogP contribution in [0.4, 0.5) is 10.5 Å². The summed E-state index contributed by atoms with van der Waals surface area (Å²) in [6.07, 6.45) is 5.92. The molecule has 1 aliphatic rings. The van der Waals surface area contributed by atoms with Crippen molar-refractivity contribution in [1.29, 1.82) is 0 Å². The fourth-order valence-electron chi connectivity index (χ4n) is 3.32. The van der Waals surface area contributed by atoms with Crippen LogP contribution in [0, 0.1) is 0 Å². The average Bonchev–Trinajstić information content (AvgIpc) is 3.08. The number of imidazole rings is 1. The van der Waals surface area contributed by atoms with Crippen molar-refractivity contribution in [2.24, 2.45) is 0 Å². The molecule has 0 saturated carbocycles. The van der Waals surface area contributed by atoms with E-state index >= 15 is 0 Å². The first kappa shape index (κ1) is 18.7. The van der Waals surface area contributed by atoms with Crippen molar-refractivity contribution in [2.45, 2.75) is 25.3 Å². The molecule has 3 rings (SSSR count). The Kier molecular flexibility index (Phi) is 6.16. The summed E-state index contributed by atoms with van der Waals surface area (Å²) in [4.78, 5) is 21.2. The zero-order valence-electron chi connectivity index (χ0n) is 15.4. The molecule has 2 aromatic rings. The lowest BCUT2D eigenvalue weighted by atomic mass is 9.97. The number of rotatable bonds is 5. The highest BCUT2D eigenvalue weighted by atomic mass is 35.5. The van der Waals surface area contributed by atoms with Crippen LogP contribution >= 0.6 is 11.6 Å². The Balaban J connectivity index is 1.64. The number of halogens is 1. The normalized spacial score (nSPS) is 17.5. The second-order valence-corrected chi connectivity index (χ2v) is 7.44. The molecule has 7 heteroatoms. The molecule has 1 unspecified atom stereocenters. The summed E-state index contributed by atoms with van der Waals surface area (Å²) in [5.74, 6) is 1.35. The minimum absolute atomic E-state index is 0.0802. The third kappa shape index (κ3) is 4.77. The number of anilines is 1. The molecule has 0 spiro atoms. The van der Waals surface area contributed by atoms with E-state index in [4.69, 9.17) is 11.6 Å². The molecule has 1 fully saturated rings. The fourth-order valence-corrected chi connectivity index (χ4v) is 3.51. The minimum Gasteiger partial charge on any atom is -0.333 e. The second-order valence-electron chi connectivity index (χ2n) is 7.01. The van der Waals surface area contributed by atoms with Gasteiger partial charge in [-0.15, -0.1) is 0 Å². The maximum absolute atomic E-state index is 12.6. The molecule has 1 saturated heterocycles. The Morgan fingerprint density at radius 2 is 2.27 bits per heavy atom. The van der Waals surface area contributed by atoms with Crippen molar-refractivity contribution in [1.82, 2.24) is 19.4 Å². The van der Waals surface area contributed by atoms with Gasteiger partial charge in [-0.3, -0.25) is 0 Å². The molecule has 0 bridgehead atoms. The van der Waals surface area contributed by atoms with Gasteiger partial charge in [0.1, 0.15) is 5.82 Å². The summed E-state index contributed by atoms with van der Waals surface area (Å²) >= 11 is 5.99. The van der Waals surface area contributed by atoms with Gasteiger partial charge in [0.15, 0.2) is 0 Å². The number of carbonyl (C=O) groups excluding carboxylic acids is 1. The van der Waals surface area contributed by atoms with Crippen LogP contribution in [0.5, 0.6) is 0 Å². The number of piperidine rings is 1. The van der Waals surface area contributed by atoms with Gasteiger partial charge in [0.05, 0.1) is 0 Å². The Hall–Kier alpha value is -2.05. The molecular weight excluding hydrogens is 350 g/mol. The van der Waals surface area contributed by atoms with Gasteiger partial charge in [0.25, 0.3) is 0 Å². The summed E-state index contributed by atoms with van der Waals surface area (Å²) in [5.41, 5.74) is 0.720. The first-order valence-electron chi connectivity index (χ1n) is 9.00. The predicted molar refractivity (Wildman–Crippen MR) is 105 cm³/mol. The molecule has 1 N–H and O–H groups in total. The van der Waals surface area contributed by atoms with Crippen molar-refractivity contribution >= 4 is 23.3 Å². The molecule has 1 atom stereocenters. The summed E-state index contributed by atoms with van der Waals surface area (Å²) in [6, 6.07) is 7.15. The average molecular weight is 376 g/mol. The first-order chi connectivity index (χ1) is 12.5. The molecule has 6 nitrogen and oxygen atoms in total. The molecule has 1 aliphatic heterocycles. The largest absolute Gasteiger partial charge is 0.333 e. The molecule has 1 aromatic heterocycles. The number of likely N-dealkylation sites (N-methyl/N-ethyl adjacent to an activating group) is 1. The monoisotopic (exact) mass is 375 g/mol. The van der Waals surface area contributed by atoms with Crippen molar-refractivity contribution in [3.05, 3.63) is 47.5 Å². The number of hydrogen-bond donors (Lipinski definition) is 1. The Bertz CT molecular complexity index is 745. The number of hydrogen-bond acceptors (Lipinski definition) is 3. The SMILES string of the molecule is CN(C)CCn1ccnc1C1CCCN(C(=O)Nc2cccc(Cl)c2)C1. The van der Waals surface area contributed by atoms with Crippen LogP contribution < -0.4 is 5.32 Å². The predicted octanol–water partition coefficient (Wildman–Crippen LogP) is 3.51. The van der Waals surface area contributed by atoms with Gasteiger partial charge in [0, 0.05) is 55.2 Å². The molecule has 0 radical (unpaired) electrons. The molecule has 1 aromatic carbocycles. The lowest BCUT2D eigenvalue weighted by molar-refractivity contribution is 0.190. The molecular formula is C19H26ClN5O. The first-order valence-corrected chi connectivity index (χ1v) is 9.38. The smallest absolute Gasteiger partial charge is 0.321 e. The standard InChI is InChI=1S/C19H26ClN5O/c1-23(2)11-12-24-10-8-21-18(24)15-5-4-9-25(14-15)19(26)22-17-7-3-6-16(20)13-17/h3,6-8,10,13,15H,4-5,9,11-12,14H2,1-2H3,(H,22,26). The lowest BCUT2D eigenvalue weighted by Crippen LogP contribution is -2.42. The van der Waals surface area contributed by atoms with E-state index in [1.54, 1.807) is 12.1 Å². The molecule has 2 heterocycles. The highest BCUT2D eigenvalue weighted by molar-refractivity contribution is 6.30. The van der Waals surface area contributed by atoms with Gasteiger partial charge >= 0.3 is 6.03 Å². The number of amides is 2. The topological polar surface area (TPSA) is 53.4 Å². The maximum Gasteiger partial charge on any atom is 0.321 e. The molecule has 0 aliphatic carbocycles. The van der Waals surface area contributed by atoms with Crippen LogP contribution in [0.2, 0.25) is 5.02 Å². The van der Waals surface area contributed by atoms with Crippen LogP contribution in [-0.4, -0.2) is 59.1 Å². The zero-order chi connectivity index (χ0) is 18.5. The van der Waals surface area contributed by atoms with E-state index in [9.17, 15) is 4.79 Å². The third-order valence-corrected chi connectivity index (χ3v) is 4.92. The summed E-state index contributed by atoms with van der Waals surface area (Å²) < 4.78 is 2.21. The van der Waals surface area contributed by atoms with E-state index in [0.29, 0.717) is 11.6 Å². The summed E-state index contributed by atoms with van der Waals surface area (Å²) in [6.45, 7) is 3.33. The second kappa shape index (κ2) is 8.56. The maximum atomic E-state index is 12.6. The van der Waals surface area contributed by atoms with Crippen LogP contribution in [0.3, 0.4) is 0 Å². The van der Waals surface area contributed by atoms with E-state index in [1.807, 2.05) is 29.4 Å². The Morgan fingerprint density at radius 1 is 1.42 bits per heavy atom. The van der Waals surface area contributed by atoms with E-state index in [1.165, 1.54) is 0 Å². The van der Waals surface area contributed by atoms with Crippen molar-refractivity contribution in [3.63, 3.8) is 0 Å². The summed E-state index contributed by atoms with van der Waals surface area (Å²) in [5, 5.41) is 3.55. The number of nitrogens with one attached hydrogen (secondary N) is 1. The van der Waals surface area contributed by atoms with Gasteiger partial charge in [-0.05, 0) is 45.1 Å². The highest BCUT2D eigenvalue weighted by Crippen LogP contribution is 2.26. The van der Waals surface area contributed by atoms with E-state index < -0.39 is 0 Å². The van der Waals surface area contributed by atoms with Gasteiger partial charge in [-0.2, -0.15) is 0 Å². The van der Waals surface area contributed by atoms with Crippen LogP contribution in [0.1, 0.15) is 24.6 Å². The highest BCUT2D eigenvalue weighted by Gasteiger charge is 2.27. The van der Waals surface area contributed by atoms with Crippen molar-refractivity contribution < 1.29 is 4.79 Å². The van der Waals surface area contributed by atoms with Gasteiger partial charge < -0.3 is 19.7 Å². The van der Waals surface area contributed by atoms with Crippen LogP contribution in [0.15, 0.2) is 36.7 Å². The Morgan fingerprint density at radius 3 is 3.04 bits per heavy atom. The molecule has 2 amide bonds. The number of likely N-dealkylation sites (tertiary alicyclic amines) is 1. The molecule has 140 valence electrons. The zero-order valence-corrected chi connectivity index (χ0v) is 16.1. The lowest BCUT2D eigenvalue weighted by Gasteiger charge is -2.32. The number of aromatic nitrogens is 2. The Labute approximate surface area is 159 Å². The van der Waals surface area contributed by atoms with Crippen molar-refractivity contribution in [2.75, 3.05) is 39.0 Å². The summed E-state index contributed by atoms with van der Waals surface area (Å²) in [7, 11) is 4.14. The van der Waals surface area contributed by atoms with E-state index in [-0.39, 0.29) is 11.9 Å². The number of urea groups is 1. The number of benzene rings is 1. The van der Waals surface area contributed by atoms with Crippen LogP contribution in [-0.2, 0) is 6.54 Å². The molecule has 26 heavy (non-hydrogen) atoms. The number of nitrogens with zero attached hydrogens (tertiary/aromatic N) is 4. The third-order valence-electron chi connectivity index (χ3n) is 4.69. The quantitative estimate of drug-likeness (QED) is 0.870. The van der Waals surface area contributed by atoms with Crippen molar-refractivity contribution in [3.8, 4) is 0 Å². The van der Waals surface area contributed by atoms with E-state index in [0.717, 1.165) is 44.0 Å². The van der Waals surface area contributed by atoms with Gasteiger partial charge in [-0.1, -0.05) is 17.7 Å². The fraction of sp³-hybridized carbons (Fsp3) is 0.474.